The molecule has 0 aliphatic rings. The van der Waals surface area contributed by atoms with Crippen LogP contribution < -0.4 is 10.1 Å². The zero-order valence-electron chi connectivity index (χ0n) is 12.1. The Morgan fingerprint density at radius 2 is 1.85 bits per heavy atom. The van der Waals surface area contributed by atoms with Crippen LogP contribution in [0.4, 0.5) is 5.69 Å². The van der Waals surface area contributed by atoms with Crippen LogP contribution >= 0.6 is 0 Å². The highest BCUT2D eigenvalue weighted by atomic mass is 16.5. The van der Waals surface area contributed by atoms with Crippen LogP contribution in [0.2, 0.25) is 0 Å². The standard InChI is InChI=1S/C17H21NO2/c1-14-6-3-4-7-15(14)13-18-16-8-5-9-17(12-16)20-11-10-19-2/h3-9,12,18H,10-11,13H2,1-2H3. The molecule has 3 heteroatoms. The number of rotatable bonds is 7. The molecule has 3 nitrogen and oxygen atoms in total. The lowest BCUT2D eigenvalue weighted by atomic mass is 10.1. The van der Waals surface area contributed by atoms with Crippen molar-refractivity contribution in [1.29, 1.82) is 0 Å². The Balaban J connectivity index is 1.93. The first kappa shape index (κ1) is 14.4. The van der Waals surface area contributed by atoms with Gasteiger partial charge in [0.15, 0.2) is 0 Å². The number of methoxy groups -OCH3 is 1. The van der Waals surface area contributed by atoms with Crippen molar-refractivity contribution in [3.8, 4) is 5.75 Å². The van der Waals surface area contributed by atoms with Crippen LogP contribution in [0.5, 0.6) is 5.75 Å². The van der Waals surface area contributed by atoms with Gasteiger partial charge in [0.2, 0.25) is 0 Å². The Kier molecular flexibility index (Phi) is 5.44. The zero-order chi connectivity index (χ0) is 14.2. The molecule has 0 saturated carbocycles. The fourth-order valence-electron chi connectivity index (χ4n) is 1.94. The monoisotopic (exact) mass is 271 g/mol. The average Bonchev–Trinajstić information content (AvgIpc) is 2.47. The van der Waals surface area contributed by atoms with Crippen molar-refractivity contribution in [1.82, 2.24) is 0 Å². The summed E-state index contributed by atoms with van der Waals surface area (Å²) in [6.45, 7) is 4.11. The number of benzene rings is 2. The number of nitrogens with one attached hydrogen (secondary N) is 1. The quantitative estimate of drug-likeness (QED) is 0.780. The largest absolute Gasteiger partial charge is 0.491 e. The molecule has 0 fully saturated rings. The normalized spacial score (nSPS) is 10.3. The Morgan fingerprint density at radius 1 is 1.00 bits per heavy atom. The topological polar surface area (TPSA) is 30.5 Å². The van der Waals surface area contributed by atoms with Crippen LogP contribution in [-0.2, 0) is 11.3 Å². The van der Waals surface area contributed by atoms with E-state index in [9.17, 15) is 0 Å². The highest BCUT2D eigenvalue weighted by Gasteiger charge is 1.99. The van der Waals surface area contributed by atoms with Crippen molar-refractivity contribution < 1.29 is 9.47 Å². The summed E-state index contributed by atoms with van der Waals surface area (Å²) in [7, 11) is 1.67. The van der Waals surface area contributed by atoms with Crippen LogP contribution in [0.1, 0.15) is 11.1 Å². The highest BCUT2D eigenvalue weighted by molar-refractivity contribution is 5.48. The molecule has 106 valence electrons. The van der Waals surface area contributed by atoms with E-state index in [1.165, 1.54) is 11.1 Å². The van der Waals surface area contributed by atoms with E-state index in [1.807, 2.05) is 24.3 Å². The predicted molar refractivity (Wildman–Crippen MR) is 82.3 cm³/mol. The molecule has 0 radical (unpaired) electrons. The number of hydrogen-bond acceptors (Lipinski definition) is 3. The van der Waals surface area contributed by atoms with Crippen molar-refractivity contribution in [2.45, 2.75) is 13.5 Å². The third-order valence-corrected chi connectivity index (χ3v) is 3.13. The lowest BCUT2D eigenvalue weighted by Gasteiger charge is -2.11. The van der Waals surface area contributed by atoms with E-state index < -0.39 is 0 Å². The van der Waals surface area contributed by atoms with E-state index in [2.05, 4.69) is 36.5 Å². The maximum Gasteiger partial charge on any atom is 0.121 e. The van der Waals surface area contributed by atoms with E-state index in [1.54, 1.807) is 7.11 Å². The molecule has 0 aliphatic heterocycles. The molecule has 20 heavy (non-hydrogen) atoms. The van der Waals surface area contributed by atoms with Gasteiger partial charge in [-0.25, -0.2) is 0 Å². The number of ether oxygens (including phenoxy) is 2. The molecule has 2 aromatic carbocycles. The van der Waals surface area contributed by atoms with Gasteiger partial charge in [0, 0.05) is 25.4 Å². The van der Waals surface area contributed by atoms with Crippen molar-refractivity contribution in [3.63, 3.8) is 0 Å². The minimum Gasteiger partial charge on any atom is -0.491 e. The molecule has 0 amide bonds. The van der Waals surface area contributed by atoms with Crippen LogP contribution in [0.3, 0.4) is 0 Å². The Hall–Kier alpha value is -2.00. The fourth-order valence-corrected chi connectivity index (χ4v) is 1.94. The first-order valence-electron chi connectivity index (χ1n) is 6.80. The van der Waals surface area contributed by atoms with E-state index in [0.717, 1.165) is 18.0 Å². The van der Waals surface area contributed by atoms with Crippen molar-refractivity contribution in [2.75, 3.05) is 25.6 Å². The third-order valence-electron chi connectivity index (χ3n) is 3.13. The summed E-state index contributed by atoms with van der Waals surface area (Å²) in [5.41, 5.74) is 3.66. The summed E-state index contributed by atoms with van der Waals surface area (Å²) in [5, 5.41) is 3.42. The molecular weight excluding hydrogens is 250 g/mol. The smallest absolute Gasteiger partial charge is 0.121 e. The summed E-state index contributed by atoms with van der Waals surface area (Å²) < 4.78 is 10.6. The Labute approximate surface area is 120 Å². The molecule has 0 unspecified atom stereocenters. The van der Waals surface area contributed by atoms with Gasteiger partial charge in [-0.3, -0.25) is 0 Å². The molecule has 0 heterocycles. The molecule has 0 saturated heterocycles. The summed E-state index contributed by atoms with van der Waals surface area (Å²) in [4.78, 5) is 0. The minimum absolute atomic E-state index is 0.567. The first-order chi connectivity index (χ1) is 9.79. The lowest BCUT2D eigenvalue weighted by molar-refractivity contribution is 0.146. The molecule has 0 atom stereocenters. The lowest BCUT2D eigenvalue weighted by Crippen LogP contribution is -2.05. The first-order valence-corrected chi connectivity index (χ1v) is 6.80. The van der Waals surface area contributed by atoms with Crippen molar-refractivity contribution >= 4 is 5.69 Å². The zero-order valence-corrected chi connectivity index (χ0v) is 12.1. The Bertz CT molecular complexity index is 540. The van der Waals surface area contributed by atoms with Crippen LogP contribution in [0.15, 0.2) is 48.5 Å². The third kappa shape index (κ3) is 4.28. The summed E-state index contributed by atoms with van der Waals surface area (Å²) in [5.74, 6) is 0.858. The van der Waals surface area contributed by atoms with Gasteiger partial charge in [0.1, 0.15) is 12.4 Å². The van der Waals surface area contributed by atoms with Crippen molar-refractivity contribution in [3.05, 3.63) is 59.7 Å². The SMILES string of the molecule is COCCOc1cccc(NCc2ccccc2C)c1. The second kappa shape index (κ2) is 7.56. The van der Waals surface area contributed by atoms with Gasteiger partial charge in [-0.05, 0) is 30.2 Å². The van der Waals surface area contributed by atoms with Gasteiger partial charge in [-0.2, -0.15) is 0 Å². The van der Waals surface area contributed by atoms with E-state index in [0.29, 0.717) is 13.2 Å². The maximum absolute atomic E-state index is 5.60. The molecule has 1 N–H and O–H groups in total. The summed E-state index contributed by atoms with van der Waals surface area (Å²) in [6, 6.07) is 16.4. The minimum atomic E-state index is 0.567. The van der Waals surface area contributed by atoms with Gasteiger partial charge < -0.3 is 14.8 Å². The van der Waals surface area contributed by atoms with E-state index in [-0.39, 0.29) is 0 Å². The Morgan fingerprint density at radius 3 is 2.65 bits per heavy atom. The van der Waals surface area contributed by atoms with Crippen LogP contribution in [0.25, 0.3) is 0 Å². The molecule has 0 spiro atoms. The second-order valence-electron chi connectivity index (χ2n) is 4.65. The second-order valence-corrected chi connectivity index (χ2v) is 4.65. The number of anilines is 1. The number of aryl methyl sites for hydroxylation is 1. The number of hydrogen-bond donors (Lipinski definition) is 1. The van der Waals surface area contributed by atoms with Crippen LogP contribution in [0, 0.1) is 6.92 Å². The maximum atomic E-state index is 5.60. The molecule has 0 aliphatic carbocycles. The van der Waals surface area contributed by atoms with Gasteiger partial charge >= 0.3 is 0 Å². The fraction of sp³-hybridized carbons (Fsp3) is 0.294. The summed E-state index contributed by atoms with van der Waals surface area (Å²) in [6.07, 6.45) is 0. The van der Waals surface area contributed by atoms with Gasteiger partial charge in [0.05, 0.1) is 6.61 Å². The van der Waals surface area contributed by atoms with Gasteiger partial charge in [-0.1, -0.05) is 30.3 Å². The molecule has 2 rings (SSSR count). The highest BCUT2D eigenvalue weighted by Crippen LogP contribution is 2.18. The van der Waals surface area contributed by atoms with E-state index >= 15 is 0 Å². The molecule has 2 aromatic rings. The van der Waals surface area contributed by atoms with E-state index in [4.69, 9.17) is 9.47 Å². The van der Waals surface area contributed by atoms with Crippen LogP contribution in [-0.4, -0.2) is 20.3 Å². The van der Waals surface area contributed by atoms with Gasteiger partial charge in [-0.15, -0.1) is 0 Å². The molecule has 0 bridgehead atoms. The predicted octanol–water partition coefficient (Wildman–Crippen LogP) is 3.63. The summed E-state index contributed by atoms with van der Waals surface area (Å²) >= 11 is 0. The molecule has 0 aromatic heterocycles. The molecular formula is C17H21NO2. The van der Waals surface area contributed by atoms with Crippen molar-refractivity contribution in [2.24, 2.45) is 0 Å². The van der Waals surface area contributed by atoms with Gasteiger partial charge in [0.25, 0.3) is 0 Å². The average molecular weight is 271 g/mol.